The van der Waals surface area contributed by atoms with Gasteiger partial charge in [-0.25, -0.2) is 0 Å². The zero-order valence-corrected chi connectivity index (χ0v) is 4.45. The number of pyridine rings is 1. The molecule has 0 saturated carbocycles. The molecule has 1 rings (SSSR count). The maximum absolute atomic E-state index is 7.36. The highest BCUT2D eigenvalue weighted by Crippen LogP contribution is 1.93. The van der Waals surface area contributed by atoms with Gasteiger partial charge in [0.2, 0.25) is 0 Å². The predicted molar refractivity (Wildman–Crippen MR) is 33.7 cm³/mol. The molecule has 0 bridgehead atoms. The predicted octanol–water partition coefficient (Wildman–Crippen LogP) is 1.70. The van der Waals surface area contributed by atoms with Gasteiger partial charge in [0.15, 0.2) is 0 Å². The Labute approximate surface area is 57.8 Å². The Morgan fingerprint density at radius 3 is 3.12 bits per heavy atom. The molecule has 1 heteroatoms. The molecule has 1 heterocycles. The smallest absolute Gasteiger partial charge is 0.0642 e. The van der Waals surface area contributed by atoms with Gasteiger partial charge in [-0.1, -0.05) is 6.04 Å². The van der Waals surface area contributed by atoms with E-state index in [4.69, 9.17) is 8.22 Å². The van der Waals surface area contributed by atoms with Gasteiger partial charge in [-0.05, 0) is 25.9 Å². The molecule has 0 saturated heterocycles. The molecule has 0 N–H and O–H groups in total. The molecular weight excluding hydrogens is 98.1 g/mol. The van der Waals surface area contributed by atoms with Crippen LogP contribution in [0.2, 0.25) is 0 Å². The lowest BCUT2D eigenvalue weighted by Gasteiger charge is -1.90. The third-order valence-electron chi connectivity index (χ3n) is 0.704. The standard InChI is InChI=1S/C7H9N/c1-6-4-3-5-7(2)8-6/h3-5H,1-2H3/i1D3,3D,4D,5D. The van der Waals surface area contributed by atoms with Crippen LogP contribution in [0.4, 0.5) is 0 Å². The highest BCUT2D eigenvalue weighted by Gasteiger charge is 1.82. The highest BCUT2D eigenvalue weighted by atomic mass is 14.7. The first kappa shape index (κ1) is 1.56. The number of nitrogens with zero attached hydrogens (tertiary/aromatic N) is 1. The second-order valence-corrected chi connectivity index (χ2v) is 1.42. The first-order valence-corrected chi connectivity index (χ1v) is 2.20. The second kappa shape index (κ2) is 1.95. The molecule has 0 unspecified atom stereocenters. The molecule has 0 aromatic carbocycles. The van der Waals surface area contributed by atoms with E-state index in [0.29, 0.717) is 0 Å². The van der Waals surface area contributed by atoms with E-state index in [1.54, 1.807) is 0 Å². The summed E-state index contributed by atoms with van der Waals surface area (Å²) in [5.41, 5.74) is -0.242. The molecular formula is C7H9N. The van der Waals surface area contributed by atoms with E-state index in [1.807, 2.05) is 0 Å². The van der Waals surface area contributed by atoms with E-state index in [0.717, 1.165) is 0 Å². The van der Waals surface area contributed by atoms with Gasteiger partial charge >= 0.3 is 0 Å². The van der Waals surface area contributed by atoms with Crippen LogP contribution in [0.15, 0.2) is 18.1 Å². The molecule has 1 aromatic rings. The minimum atomic E-state index is -2.49. The first-order valence-electron chi connectivity index (χ1n) is 5.20. The van der Waals surface area contributed by atoms with Crippen LogP contribution in [0.1, 0.15) is 19.6 Å². The van der Waals surface area contributed by atoms with Crippen LogP contribution in [-0.2, 0) is 0 Å². The van der Waals surface area contributed by atoms with Gasteiger partial charge in [-0.15, -0.1) is 0 Å². The van der Waals surface area contributed by atoms with Gasteiger partial charge in [0.1, 0.15) is 0 Å². The Bertz CT molecular complexity index is 369. The average Bonchev–Trinajstić information content (AvgIpc) is 2.06. The molecule has 1 nitrogen and oxygen atoms in total. The minimum Gasteiger partial charge on any atom is -0.258 e. The molecule has 0 aliphatic carbocycles. The van der Waals surface area contributed by atoms with Gasteiger partial charge in [-0.3, -0.25) is 4.98 Å². The number of hydrogen-bond donors (Lipinski definition) is 0. The van der Waals surface area contributed by atoms with Crippen LogP contribution < -0.4 is 0 Å². The van der Waals surface area contributed by atoms with E-state index < -0.39 is 18.6 Å². The largest absolute Gasteiger partial charge is 0.258 e. The Kier molecular flexibility index (Phi) is 0.381. The monoisotopic (exact) mass is 113 g/mol. The van der Waals surface area contributed by atoms with Crippen molar-refractivity contribution in [1.82, 2.24) is 4.98 Å². The molecule has 0 spiro atoms. The van der Waals surface area contributed by atoms with Crippen LogP contribution in [0.25, 0.3) is 0 Å². The fraction of sp³-hybridized carbons (Fsp3) is 0.286. The topological polar surface area (TPSA) is 12.9 Å². The summed E-state index contributed by atoms with van der Waals surface area (Å²) in [5.74, 6) is 0. The maximum Gasteiger partial charge on any atom is 0.0642 e. The molecule has 0 atom stereocenters. The van der Waals surface area contributed by atoms with Crippen molar-refractivity contribution in [2.24, 2.45) is 0 Å². The summed E-state index contributed by atoms with van der Waals surface area (Å²) in [6.45, 7) is -1.04. The van der Waals surface area contributed by atoms with Crippen molar-refractivity contribution in [1.29, 1.82) is 0 Å². The first-order chi connectivity index (χ1) is 6.25. The molecule has 1 aromatic heterocycles. The van der Waals surface area contributed by atoms with Gasteiger partial charge in [-0.2, -0.15) is 0 Å². The Balaban J connectivity index is 3.49. The Morgan fingerprint density at radius 1 is 1.62 bits per heavy atom. The SMILES string of the molecule is [2H]c1c(C)nc(C([2H])([2H])[2H])c([2H])c1[2H]. The van der Waals surface area contributed by atoms with Crippen molar-refractivity contribution >= 4 is 0 Å². The summed E-state index contributed by atoms with van der Waals surface area (Å²) in [6.07, 6.45) is 0. The van der Waals surface area contributed by atoms with Crippen LogP contribution in [0.5, 0.6) is 0 Å². The quantitative estimate of drug-likeness (QED) is 0.499. The maximum atomic E-state index is 7.36. The molecule has 0 aliphatic heterocycles. The lowest BCUT2D eigenvalue weighted by Crippen LogP contribution is -1.81. The van der Waals surface area contributed by atoms with Crippen molar-refractivity contribution < 1.29 is 8.22 Å². The summed E-state index contributed by atoms with van der Waals surface area (Å²) >= 11 is 0. The number of aromatic nitrogens is 1. The molecule has 42 valence electrons. The van der Waals surface area contributed by atoms with E-state index in [2.05, 4.69) is 4.98 Å². The summed E-state index contributed by atoms with van der Waals surface area (Å²) < 4.78 is 43.3. The normalized spacial score (nSPS) is 21.6. The lowest BCUT2D eigenvalue weighted by molar-refractivity contribution is 1.12. The Morgan fingerprint density at radius 2 is 2.38 bits per heavy atom. The van der Waals surface area contributed by atoms with E-state index in [9.17, 15) is 0 Å². The summed E-state index contributed by atoms with van der Waals surface area (Å²) in [7, 11) is 0. The van der Waals surface area contributed by atoms with E-state index >= 15 is 0 Å². The van der Waals surface area contributed by atoms with Crippen molar-refractivity contribution in [2.75, 3.05) is 0 Å². The van der Waals surface area contributed by atoms with Gasteiger partial charge in [0.05, 0.1) is 4.11 Å². The summed E-state index contributed by atoms with van der Waals surface area (Å²) in [5, 5.41) is 0. The summed E-state index contributed by atoms with van der Waals surface area (Å²) in [4.78, 5) is 3.65. The zero-order chi connectivity index (χ0) is 11.1. The van der Waals surface area contributed by atoms with Crippen LogP contribution in [-0.4, -0.2) is 4.98 Å². The molecule has 0 fully saturated rings. The third kappa shape index (κ3) is 1.06. The highest BCUT2D eigenvalue weighted by molar-refractivity contribution is 5.07. The summed E-state index contributed by atoms with van der Waals surface area (Å²) in [6, 6.07) is -1.06. The van der Waals surface area contributed by atoms with Crippen molar-refractivity contribution in [3.63, 3.8) is 0 Å². The number of rotatable bonds is 0. The minimum absolute atomic E-state index is 0.164. The lowest BCUT2D eigenvalue weighted by atomic mass is 10.3. The van der Waals surface area contributed by atoms with Gasteiger partial charge < -0.3 is 0 Å². The average molecular weight is 113 g/mol. The molecule has 0 aliphatic rings. The number of aryl methyl sites for hydroxylation is 2. The second-order valence-electron chi connectivity index (χ2n) is 1.42. The van der Waals surface area contributed by atoms with Crippen molar-refractivity contribution in [2.45, 2.75) is 13.8 Å². The molecule has 0 radical (unpaired) electrons. The Hall–Kier alpha value is -0.850. The van der Waals surface area contributed by atoms with Gasteiger partial charge in [0.25, 0.3) is 0 Å². The third-order valence-corrected chi connectivity index (χ3v) is 0.704. The van der Waals surface area contributed by atoms with E-state index in [-0.39, 0.29) is 17.8 Å². The number of hydrogen-bond acceptors (Lipinski definition) is 1. The van der Waals surface area contributed by atoms with Gasteiger partial charge in [0, 0.05) is 15.5 Å². The van der Waals surface area contributed by atoms with E-state index in [1.165, 1.54) is 6.92 Å². The van der Waals surface area contributed by atoms with Crippen molar-refractivity contribution in [3.8, 4) is 0 Å². The molecule has 8 heavy (non-hydrogen) atoms. The van der Waals surface area contributed by atoms with Crippen LogP contribution in [0.3, 0.4) is 0 Å². The fourth-order valence-electron chi connectivity index (χ4n) is 0.405. The fourth-order valence-corrected chi connectivity index (χ4v) is 0.405. The molecule has 0 amide bonds. The van der Waals surface area contributed by atoms with Crippen LogP contribution in [0, 0.1) is 13.8 Å². The van der Waals surface area contributed by atoms with Crippen molar-refractivity contribution in [3.05, 3.63) is 29.5 Å². The van der Waals surface area contributed by atoms with Crippen LogP contribution >= 0.6 is 0 Å². The zero-order valence-electron chi connectivity index (χ0n) is 10.4.